The van der Waals surface area contributed by atoms with Gasteiger partial charge in [0.1, 0.15) is 11.4 Å². The zero-order valence-electron chi connectivity index (χ0n) is 14.2. The van der Waals surface area contributed by atoms with Crippen LogP contribution in [0.5, 0.6) is 5.75 Å². The van der Waals surface area contributed by atoms with Gasteiger partial charge >= 0.3 is 6.16 Å². The Morgan fingerprint density at radius 2 is 1.83 bits per heavy atom. The molecule has 1 heterocycles. The van der Waals surface area contributed by atoms with Crippen molar-refractivity contribution >= 4 is 12.1 Å². The summed E-state index contributed by atoms with van der Waals surface area (Å²) in [4.78, 5) is 25.6. The zero-order chi connectivity index (χ0) is 17.2. The van der Waals surface area contributed by atoms with Crippen LogP contribution in [0.4, 0.5) is 4.79 Å². The van der Waals surface area contributed by atoms with Crippen molar-refractivity contribution < 1.29 is 23.8 Å². The number of amides is 1. The van der Waals surface area contributed by atoms with Crippen molar-refractivity contribution in [1.29, 1.82) is 0 Å². The van der Waals surface area contributed by atoms with Gasteiger partial charge in [-0.3, -0.25) is 4.79 Å². The normalized spacial score (nSPS) is 21.3. The molecule has 6 heteroatoms. The highest BCUT2D eigenvalue weighted by atomic mass is 16.7. The van der Waals surface area contributed by atoms with Gasteiger partial charge in [-0.1, -0.05) is 12.1 Å². The van der Waals surface area contributed by atoms with E-state index in [1.807, 2.05) is 24.3 Å². The lowest BCUT2D eigenvalue weighted by atomic mass is 10.0. The van der Waals surface area contributed by atoms with E-state index in [1.54, 1.807) is 39.8 Å². The van der Waals surface area contributed by atoms with Gasteiger partial charge in [0.25, 0.3) is 5.91 Å². The number of carbonyl (C=O) groups is 2. The Morgan fingerprint density at radius 1 is 1.22 bits per heavy atom. The largest absolute Gasteiger partial charge is 0.509 e. The summed E-state index contributed by atoms with van der Waals surface area (Å²) in [6, 6.07) is 7.36. The molecule has 1 amide bonds. The molecular formula is C17H23NO5. The molecule has 2 unspecified atom stereocenters. The molecule has 0 aliphatic carbocycles. The maximum absolute atomic E-state index is 12.3. The summed E-state index contributed by atoms with van der Waals surface area (Å²) in [6.45, 7) is 5.24. The fraction of sp³-hybridized carbons (Fsp3) is 0.529. The minimum atomic E-state index is -0.820. The third-order valence-corrected chi connectivity index (χ3v) is 3.66. The van der Waals surface area contributed by atoms with Crippen molar-refractivity contribution in [3.05, 3.63) is 29.8 Å². The molecule has 0 aromatic heterocycles. The first kappa shape index (κ1) is 17.1. The monoisotopic (exact) mass is 321 g/mol. The minimum Gasteiger partial charge on any atom is -0.497 e. The first-order valence-electron chi connectivity index (χ1n) is 7.51. The maximum atomic E-state index is 12.3. The van der Waals surface area contributed by atoms with Gasteiger partial charge in [0.05, 0.1) is 13.2 Å². The van der Waals surface area contributed by atoms with Crippen LogP contribution in [-0.4, -0.2) is 42.8 Å². The molecule has 0 bridgehead atoms. The molecule has 126 valence electrons. The quantitative estimate of drug-likeness (QED) is 0.801. The highest BCUT2D eigenvalue weighted by molar-refractivity contribution is 5.85. The number of likely N-dealkylation sites (N-methyl/N-ethyl adjacent to an activating group) is 1. The number of ether oxygens (including phenoxy) is 3. The molecule has 1 aromatic carbocycles. The second kappa shape index (κ2) is 6.48. The van der Waals surface area contributed by atoms with Gasteiger partial charge in [-0.05, 0) is 38.5 Å². The summed E-state index contributed by atoms with van der Waals surface area (Å²) < 4.78 is 15.4. The molecule has 0 spiro atoms. The molecule has 1 saturated heterocycles. The predicted octanol–water partition coefficient (Wildman–Crippen LogP) is 2.92. The Balaban J connectivity index is 2.05. The Kier molecular flexibility index (Phi) is 4.82. The smallest absolute Gasteiger partial charge is 0.497 e. The summed E-state index contributed by atoms with van der Waals surface area (Å²) in [6.07, 6.45) is -1.23. The van der Waals surface area contributed by atoms with Crippen LogP contribution in [0.25, 0.3) is 0 Å². The first-order chi connectivity index (χ1) is 10.7. The number of methoxy groups -OCH3 is 1. The molecule has 2 atom stereocenters. The van der Waals surface area contributed by atoms with Crippen LogP contribution < -0.4 is 4.74 Å². The second-order valence-corrected chi connectivity index (χ2v) is 6.54. The fourth-order valence-corrected chi connectivity index (χ4v) is 2.52. The summed E-state index contributed by atoms with van der Waals surface area (Å²) in [5, 5.41) is 0. The molecule has 0 saturated carbocycles. The third kappa shape index (κ3) is 4.15. The van der Waals surface area contributed by atoms with E-state index >= 15 is 0 Å². The Labute approximate surface area is 136 Å². The van der Waals surface area contributed by atoms with Crippen LogP contribution in [0.3, 0.4) is 0 Å². The van der Waals surface area contributed by atoms with Gasteiger partial charge in [-0.2, -0.15) is 0 Å². The Hall–Kier alpha value is -2.24. The molecule has 1 aliphatic rings. The van der Waals surface area contributed by atoms with Crippen molar-refractivity contribution in [2.24, 2.45) is 0 Å². The number of rotatable bonds is 3. The van der Waals surface area contributed by atoms with E-state index in [2.05, 4.69) is 0 Å². The van der Waals surface area contributed by atoms with Crippen molar-refractivity contribution in [2.45, 2.75) is 44.9 Å². The van der Waals surface area contributed by atoms with Gasteiger partial charge in [-0.25, -0.2) is 4.79 Å². The first-order valence-corrected chi connectivity index (χ1v) is 7.51. The van der Waals surface area contributed by atoms with E-state index in [-0.39, 0.29) is 11.9 Å². The topological polar surface area (TPSA) is 65.1 Å². The number of likely N-dealkylation sites (tertiary alicyclic amines) is 1. The summed E-state index contributed by atoms with van der Waals surface area (Å²) in [7, 11) is 3.31. The third-order valence-electron chi connectivity index (χ3n) is 3.66. The Morgan fingerprint density at radius 3 is 2.35 bits per heavy atom. The standard InChI is InChI=1S/C17H23NO5/c1-17(2,3)23-16(20)22-14-10-13(18(4)15(14)19)11-6-8-12(21-5)9-7-11/h6-9,13-14H,10H2,1-5H3. The lowest BCUT2D eigenvalue weighted by Gasteiger charge is -2.20. The molecule has 0 N–H and O–H groups in total. The van der Waals surface area contributed by atoms with Crippen molar-refractivity contribution in [3.8, 4) is 5.75 Å². The summed E-state index contributed by atoms with van der Waals surface area (Å²) in [5.41, 5.74) is 0.317. The Bertz CT molecular complexity index is 576. The van der Waals surface area contributed by atoms with Gasteiger partial charge in [-0.15, -0.1) is 0 Å². The molecule has 0 radical (unpaired) electrons. The molecular weight excluding hydrogens is 298 g/mol. The zero-order valence-corrected chi connectivity index (χ0v) is 14.2. The fourth-order valence-electron chi connectivity index (χ4n) is 2.52. The highest BCUT2D eigenvalue weighted by Gasteiger charge is 2.41. The molecule has 1 aliphatic heterocycles. The van der Waals surface area contributed by atoms with E-state index < -0.39 is 17.9 Å². The van der Waals surface area contributed by atoms with Crippen LogP contribution in [0.15, 0.2) is 24.3 Å². The van der Waals surface area contributed by atoms with Crippen molar-refractivity contribution in [3.63, 3.8) is 0 Å². The lowest BCUT2D eigenvalue weighted by Crippen LogP contribution is -2.32. The van der Waals surface area contributed by atoms with Gasteiger partial charge in [0.15, 0.2) is 6.10 Å². The van der Waals surface area contributed by atoms with Gasteiger partial charge < -0.3 is 19.1 Å². The van der Waals surface area contributed by atoms with E-state index in [9.17, 15) is 9.59 Å². The molecule has 23 heavy (non-hydrogen) atoms. The lowest BCUT2D eigenvalue weighted by molar-refractivity contribution is -0.136. The number of nitrogens with zero attached hydrogens (tertiary/aromatic N) is 1. The van der Waals surface area contributed by atoms with Crippen LogP contribution in [0.1, 0.15) is 38.8 Å². The molecule has 6 nitrogen and oxygen atoms in total. The SMILES string of the molecule is COc1ccc(C2CC(OC(=O)OC(C)(C)C)C(=O)N2C)cc1. The van der Waals surface area contributed by atoms with E-state index in [1.165, 1.54) is 0 Å². The maximum Gasteiger partial charge on any atom is 0.509 e. The number of carbonyl (C=O) groups excluding carboxylic acids is 2. The number of hydrogen-bond donors (Lipinski definition) is 0. The van der Waals surface area contributed by atoms with E-state index in [4.69, 9.17) is 14.2 Å². The average Bonchev–Trinajstić information content (AvgIpc) is 2.74. The van der Waals surface area contributed by atoms with Crippen molar-refractivity contribution in [2.75, 3.05) is 14.2 Å². The number of benzene rings is 1. The van der Waals surface area contributed by atoms with Crippen LogP contribution in [0.2, 0.25) is 0 Å². The molecule has 2 rings (SSSR count). The number of hydrogen-bond acceptors (Lipinski definition) is 5. The summed E-state index contributed by atoms with van der Waals surface area (Å²) in [5.74, 6) is 0.527. The minimum absolute atomic E-state index is 0.138. The predicted molar refractivity (Wildman–Crippen MR) is 84.2 cm³/mol. The second-order valence-electron chi connectivity index (χ2n) is 6.54. The van der Waals surface area contributed by atoms with E-state index in [0.29, 0.717) is 6.42 Å². The van der Waals surface area contributed by atoms with Crippen LogP contribution in [-0.2, 0) is 14.3 Å². The molecule has 1 fully saturated rings. The van der Waals surface area contributed by atoms with Gasteiger partial charge in [0, 0.05) is 13.5 Å². The molecule has 1 aromatic rings. The van der Waals surface area contributed by atoms with Crippen LogP contribution >= 0.6 is 0 Å². The highest BCUT2D eigenvalue weighted by Crippen LogP contribution is 2.34. The van der Waals surface area contributed by atoms with Crippen molar-refractivity contribution in [1.82, 2.24) is 4.90 Å². The van der Waals surface area contributed by atoms with Crippen LogP contribution in [0, 0.1) is 0 Å². The summed E-state index contributed by atoms with van der Waals surface area (Å²) >= 11 is 0. The van der Waals surface area contributed by atoms with Gasteiger partial charge in [0.2, 0.25) is 0 Å². The average molecular weight is 321 g/mol. The van der Waals surface area contributed by atoms with E-state index in [0.717, 1.165) is 11.3 Å².